The highest BCUT2D eigenvalue weighted by molar-refractivity contribution is 6.12. The third kappa shape index (κ3) is 2.62. The number of nitrogens with zero attached hydrogens (tertiary/aromatic N) is 2. The Morgan fingerprint density at radius 2 is 1.92 bits per heavy atom. The van der Waals surface area contributed by atoms with Gasteiger partial charge in [0.1, 0.15) is 11.5 Å². The van der Waals surface area contributed by atoms with Gasteiger partial charge in [-0.2, -0.15) is 0 Å². The maximum absolute atomic E-state index is 12.9. The van der Waals surface area contributed by atoms with E-state index in [1.54, 1.807) is 0 Å². The molecule has 0 atom stereocenters. The summed E-state index contributed by atoms with van der Waals surface area (Å²) >= 11 is 0. The highest BCUT2D eigenvalue weighted by atomic mass is 16.3. The Hall–Kier alpha value is -2.62. The lowest BCUT2D eigenvalue weighted by Crippen LogP contribution is -2.27. The van der Waals surface area contributed by atoms with E-state index in [-0.39, 0.29) is 11.2 Å². The van der Waals surface area contributed by atoms with Crippen molar-refractivity contribution in [1.29, 1.82) is 0 Å². The van der Waals surface area contributed by atoms with E-state index in [0.29, 0.717) is 12.2 Å². The van der Waals surface area contributed by atoms with Crippen LogP contribution in [0.4, 0.5) is 0 Å². The fourth-order valence-electron chi connectivity index (χ4n) is 3.66. The fraction of sp³-hybridized carbons (Fsp3) is 0.333. The summed E-state index contributed by atoms with van der Waals surface area (Å²) in [6, 6.07) is 7.99. The highest BCUT2D eigenvalue weighted by Gasteiger charge is 2.37. The number of para-hydroxylation sites is 1. The van der Waals surface area contributed by atoms with Gasteiger partial charge in [-0.15, -0.1) is 0 Å². The van der Waals surface area contributed by atoms with Crippen LogP contribution in [0.1, 0.15) is 42.1 Å². The normalized spacial score (nSPS) is 16.7. The van der Waals surface area contributed by atoms with Crippen molar-refractivity contribution >= 4 is 22.8 Å². The molecule has 0 fully saturated rings. The molecule has 2 heterocycles. The Labute approximate surface area is 147 Å². The molecule has 1 aromatic carbocycles. The van der Waals surface area contributed by atoms with E-state index >= 15 is 0 Å². The zero-order valence-electron chi connectivity index (χ0n) is 15.1. The van der Waals surface area contributed by atoms with Crippen molar-refractivity contribution in [2.24, 2.45) is 5.41 Å². The first kappa shape index (κ1) is 15.9. The minimum absolute atomic E-state index is 0.0837. The van der Waals surface area contributed by atoms with Gasteiger partial charge in [0.05, 0.1) is 11.1 Å². The Bertz CT molecular complexity index is 979. The maximum Gasteiger partial charge on any atom is 0.167 e. The molecule has 0 aromatic heterocycles. The molecule has 4 rings (SSSR count). The summed E-state index contributed by atoms with van der Waals surface area (Å²) in [6.45, 7) is 4.23. The van der Waals surface area contributed by atoms with Crippen LogP contribution in [0.5, 0.6) is 0 Å². The zero-order valence-corrected chi connectivity index (χ0v) is 15.1. The summed E-state index contributed by atoms with van der Waals surface area (Å²) in [5.41, 5.74) is 3.25. The second-order valence-electron chi connectivity index (χ2n) is 7.84. The number of carbonyl (C=O) groups excluding carboxylic acids is 1. The van der Waals surface area contributed by atoms with E-state index in [0.717, 1.165) is 39.9 Å². The van der Waals surface area contributed by atoms with Crippen molar-refractivity contribution in [3.05, 3.63) is 47.5 Å². The van der Waals surface area contributed by atoms with Crippen molar-refractivity contribution in [2.45, 2.75) is 26.7 Å². The number of rotatable bonds is 2. The first-order valence-electron chi connectivity index (χ1n) is 8.58. The molecule has 0 radical (unpaired) electrons. The van der Waals surface area contributed by atoms with E-state index in [1.807, 2.05) is 55.5 Å². The van der Waals surface area contributed by atoms with Gasteiger partial charge in [-0.25, -0.2) is 4.98 Å². The van der Waals surface area contributed by atoms with Gasteiger partial charge in [0.15, 0.2) is 11.5 Å². The molecule has 0 spiro atoms. The van der Waals surface area contributed by atoms with E-state index in [4.69, 9.17) is 9.40 Å². The number of fused-ring (bicyclic) bond motifs is 5. The molecule has 1 aliphatic carbocycles. The van der Waals surface area contributed by atoms with E-state index in [1.165, 1.54) is 0 Å². The maximum atomic E-state index is 12.9. The van der Waals surface area contributed by atoms with E-state index < -0.39 is 0 Å². The lowest BCUT2D eigenvalue weighted by Gasteiger charge is -2.30. The largest absolute Gasteiger partial charge is 0.459 e. The second-order valence-corrected chi connectivity index (χ2v) is 7.84. The molecule has 0 saturated carbocycles. The summed E-state index contributed by atoms with van der Waals surface area (Å²) in [7, 11) is 3.93. The molecule has 0 N–H and O–H groups in total. The predicted octanol–water partition coefficient (Wildman–Crippen LogP) is 4.62. The quantitative estimate of drug-likeness (QED) is 0.686. The summed E-state index contributed by atoms with van der Waals surface area (Å²) in [4.78, 5) is 19.6. The molecule has 3 aliphatic rings. The monoisotopic (exact) mass is 334 g/mol. The molecular weight excluding hydrogens is 312 g/mol. The molecule has 0 unspecified atom stereocenters. The molecule has 2 aliphatic heterocycles. The van der Waals surface area contributed by atoms with Crippen LogP contribution in [0.2, 0.25) is 0 Å². The molecule has 0 amide bonds. The number of Topliss-reactive ketones (excluding diaryl/α,β-unsaturated/α-hetero) is 1. The first-order valence-corrected chi connectivity index (χ1v) is 8.58. The number of hydrogen-bond donors (Lipinski definition) is 0. The third-order valence-corrected chi connectivity index (χ3v) is 4.72. The number of hydrogen-bond acceptors (Lipinski definition) is 4. The van der Waals surface area contributed by atoms with Crippen LogP contribution < -0.4 is 0 Å². The van der Waals surface area contributed by atoms with Crippen LogP contribution in [-0.2, 0) is 6.42 Å². The van der Waals surface area contributed by atoms with Crippen LogP contribution in [0, 0.1) is 5.41 Å². The second kappa shape index (κ2) is 5.45. The molecule has 25 heavy (non-hydrogen) atoms. The molecular formula is C21H22N2O2. The summed E-state index contributed by atoms with van der Waals surface area (Å²) in [5.74, 6) is 1.65. The van der Waals surface area contributed by atoms with Gasteiger partial charge in [0.25, 0.3) is 0 Å². The van der Waals surface area contributed by atoms with E-state index in [2.05, 4.69) is 13.8 Å². The number of aromatic nitrogens is 1. The topological polar surface area (TPSA) is 46.3 Å². The summed E-state index contributed by atoms with van der Waals surface area (Å²) < 4.78 is 6.20. The Balaban J connectivity index is 2.07. The minimum Gasteiger partial charge on any atom is -0.459 e. The summed E-state index contributed by atoms with van der Waals surface area (Å²) in [5, 5.41) is 1.03. The minimum atomic E-state index is -0.0837. The van der Waals surface area contributed by atoms with Gasteiger partial charge in [-0.3, -0.25) is 4.79 Å². The standard InChI is InChI=1S/C21H22N2O2/c1-21(2)11-15(24)19-17(12-21)25-16(9-10-23(3)4)20-18(19)13-7-5-6-8-14(13)22-20/h5-10H,11-12H2,1-4H3/b10-9-. The number of benzene rings is 1. The van der Waals surface area contributed by atoms with Crippen LogP contribution in [0.15, 0.2) is 34.9 Å². The lowest BCUT2D eigenvalue weighted by molar-refractivity contribution is 0.0899. The van der Waals surface area contributed by atoms with Crippen LogP contribution in [0.3, 0.4) is 0 Å². The first-order chi connectivity index (χ1) is 11.9. The van der Waals surface area contributed by atoms with Gasteiger partial charge in [0.2, 0.25) is 0 Å². The average molecular weight is 334 g/mol. The average Bonchev–Trinajstić information content (AvgIpc) is 2.90. The Morgan fingerprint density at radius 3 is 2.68 bits per heavy atom. The lowest BCUT2D eigenvalue weighted by atomic mass is 9.74. The highest BCUT2D eigenvalue weighted by Crippen LogP contribution is 2.44. The molecule has 128 valence electrons. The molecule has 4 heteroatoms. The van der Waals surface area contributed by atoms with Crippen molar-refractivity contribution in [2.75, 3.05) is 14.1 Å². The molecule has 1 aromatic rings. The SMILES string of the molecule is CN(C)/C=C\c1oc2c(c3c4ccccc4nc1-3)C(=O)CC(C)(C)C2. The van der Waals surface area contributed by atoms with Crippen molar-refractivity contribution < 1.29 is 9.21 Å². The van der Waals surface area contributed by atoms with Crippen molar-refractivity contribution in [3.63, 3.8) is 0 Å². The Kier molecular flexibility index (Phi) is 3.46. The van der Waals surface area contributed by atoms with Gasteiger partial charge in [-0.05, 0) is 17.6 Å². The zero-order chi connectivity index (χ0) is 17.8. The van der Waals surface area contributed by atoms with Crippen LogP contribution in [-0.4, -0.2) is 29.8 Å². The van der Waals surface area contributed by atoms with Gasteiger partial charge >= 0.3 is 0 Å². The van der Waals surface area contributed by atoms with Gasteiger partial charge in [0, 0.05) is 44.1 Å². The van der Waals surface area contributed by atoms with Crippen LogP contribution >= 0.6 is 0 Å². The molecule has 0 bridgehead atoms. The Morgan fingerprint density at radius 1 is 1.16 bits per heavy atom. The fourth-order valence-corrected chi connectivity index (χ4v) is 3.66. The third-order valence-electron chi connectivity index (χ3n) is 4.72. The summed E-state index contributed by atoms with van der Waals surface area (Å²) in [6.07, 6.45) is 5.17. The molecule has 4 nitrogen and oxygen atoms in total. The number of ketones is 1. The molecule has 0 saturated heterocycles. The smallest absolute Gasteiger partial charge is 0.167 e. The van der Waals surface area contributed by atoms with Crippen LogP contribution in [0.25, 0.3) is 28.2 Å². The van der Waals surface area contributed by atoms with E-state index in [9.17, 15) is 4.79 Å². The number of carbonyl (C=O) groups is 1. The van der Waals surface area contributed by atoms with Gasteiger partial charge < -0.3 is 9.32 Å². The van der Waals surface area contributed by atoms with Gasteiger partial charge in [-0.1, -0.05) is 32.0 Å². The van der Waals surface area contributed by atoms with Crippen molar-refractivity contribution in [1.82, 2.24) is 9.88 Å². The predicted molar refractivity (Wildman–Crippen MR) is 99.8 cm³/mol. The van der Waals surface area contributed by atoms with Crippen molar-refractivity contribution in [3.8, 4) is 11.3 Å².